The van der Waals surface area contributed by atoms with Crippen molar-refractivity contribution in [2.45, 2.75) is 49.9 Å². The van der Waals surface area contributed by atoms with E-state index in [-0.39, 0.29) is 36.1 Å². The molecule has 0 heterocycles. The predicted molar refractivity (Wildman–Crippen MR) is 164 cm³/mol. The molecule has 1 aliphatic carbocycles. The van der Waals surface area contributed by atoms with Gasteiger partial charge in [-0.1, -0.05) is 153 Å². The second-order valence-corrected chi connectivity index (χ2v) is 11.9. The first-order chi connectivity index (χ1) is 19.0. The van der Waals surface area contributed by atoms with Gasteiger partial charge in [0.05, 0.1) is 0 Å². The molecular weight excluding hydrogens is 475 g/mol. The Kier molecular flexibility index (Phi) is 8.42. The Bertz CT molecular complexity index is 1400. The maximum absolute atomic E-state index is 2.49. The van der Waals surface area contributed by atoms with Crippen LogP contribution in [0.2, 0.25) is 0 Å². The van der Waals surface area contributed by atoms with Crippen LogP contribution in [0.3, 0.4) is 0 Å². The van der Waals surface area contributed by atoms with E-state index in [0.29, 0.717) is 11.8 Å². The van der Waals surface area contributed by atoms with Crippen LogP contribution in [0.4, 0.5) is 0 Å². The van der Waals surface area contributed by atoms with E-state index in [4.69, 9.17) is 0 Å². The molecular formula is C39H37Li. The van der Waals surface area contributed by atoms with E-state index in [1.165, 1.54) is 39.3 Å². The van der Waals surface area contributed by atoms with Crippen molar-refractivity contribution in [1.82, 2.24) is 0 Å². The smallest absolute Gasteiger partial charge is 0.188 e. The molecule has 1 saturated carbocycles. The van der Waals surface area contributed by atoms with E-state index >= 15 is 0 Å². The molecule has 1 heteroatoms. The quantitative estimate of drug-likeness (QED) is 0.175. The molecule has 0 bridgehead atoms. The summed E-state index contributed by atoms with van der Waals surface area (Å²) < 4.78 is 0. The maximum Gasteiger partial charge on any atom is 1.00 e. The van der Waals surface area contributed by atoms with Gasteiger partial charge in [0, 0.05) is 0 Å². The summed E-state index contributed by atoms with van der Waals surface area (Å²) in [4.78, 5) is 0. The number of rotatable bonds is 5. The van der Waals surface area contributed by atoms with Crippen molar-refractivity contribution in [1.29, 1.82) is 0 Å². The summed E-state index contributed by atoms with van der Waals surface area (Å²) >= 11 is 0. The van der Waals surface area contributed by atoms with Crippen molar-refractivity contribution >= 4 is 0 Å². The van der Waals surface area contributed by atoms with E-state index in [0.717, 1.165) is 0 Å². The van der Waals surface area contributed by atoms with Crippen molar-refractivity contribution in [3.63, 3.8) is 0 Å². The van der Waals surface area contributed by atoms with Gasteiger partial charge in [0.2, 0.25) is 0 Å². The third-order valence-corrected chi connectivity index (χ3v) is 8.52. The van der Waals surface area contributed by atoms with E-state index in [9.17, 15) is 0 Å². The van der Waals surface area contributed by atoms with Crippen molar-refractivity contribution in [3.05, 3.63) is 185 Å². The summed E-state index contributed by atoms with van der Waals surface area (Å²) in [7, 11) is 0. The monoisotopic (exact) mass is 512 g/mol. The van der Waals surface area contributed by atoms with Gasteiger partial charge in [-0.15, -0.1) is 12.1 Å². The van der Waals surface area contributed by atoms with Gasteiger partial charge in [-0.25, -0.2) is 0 Å². The Balaban J connectivity index is 0.00000323. The Labute approximate surface area is 252 Å². The summed E-state index contributed by atoms with van der Waals surface area (Å²) in [5.41, 5.74) is 8.43. The number of hydrogen-bond donors (Lipinski definition) is 0. The first-order valence-corrected chi connectivity index (χ1v) is 14.2. The van der Waals surface area contributed by atoms with Crippen LogP contribution in [-0.4, -0.2) is 0 Å². The molecule has 6 rings (SSSR count). The van der Waals surface area contributed by atoms with E-state index < -0.39 is 0 Å². The molecule has 0 spiro atoms. The van der Waals surface area contributed by atoms with Crippen LogP contribution in [-0.2, 0) is 5.41 Å². The van der Waals surface area contributed by atoms with Crippen molar-refractivity contribution < 1.29 is 18.9 Å². The molecule has 1 aliphatic rings. The van der Waals surface area contributed by atoms with Crippen molar-refractivity contribution in [3.8, 4) is 0 Å². The fraction of sp³-hybridized carbons (Fsp3) is 0.205. The van der Waals surface area contributed by atoms with Gasteiger partial charge in [0.25, 0.3) is 0 Å². The van der Waals surface area contributed by atoms with Gasteiger partial charge in [0.1, 0.15) is 0 Å². The molecule has 0 aliphatic heterocycles. The predicted octanol–water partition coefficient (Wildman–Crippen LogP) is 7.06. The van der Waals surface area contributed by atoms with Gasteiger partial charge in [-0.3, -0.25) is 0 Å². The van der Waals surface area contributed by atoms with Gasteiger partial charge in [-0.2, -0.15) is 23.6 Å². The van der Waals surface area contributed by atoms with E-state index in [1.807, 2.05) is 0 Å². The minimum absolute atomic E-state index is 0. The zero-order valence-corrected chi connectivity index (χ0v) is 24.2. The molecule has 0 radical (unpaired) electrons. The number of benzene rings is 5. The standard InChI is InChI=1S/C39H37.Li/c1-39(2,3)33-26-16-25-32(27-33)38-36(30-21-12-6-13-22-30)34(28-17-8-4-9-18-28)35(29-19-10-5-11-20-29)37(38)31-23-14-7-15-24-31;/h4-27,34-36,38H,1-3H3;/q-1;+1. The van der Waals surface area contributed by atoms with Gasteiger partial charge >= 0.3 is 18.9 Å². The third kappa shape index (κ3) is 5.45. The van der Waals surface area contributed by atoms with Gasteiger partial charge < -0.3 is 0 Å². The average Bonchev–Trinajstić information content (AvgIpc) is 3.35. The van der Waals surface area contributed by atoms with Crippen LogP contribution in [0.15, 0.2) is 146 Å². The first kappa shape index (κ1) is 28.1. The molecule has 0 N–H and O–H groups in total. The maximum atomic E-state index is 2.49. The Hall–Kier alpha value is -3.43. The molecule has 0 nitrogen and oxygen atoms in total. The SMILES string of the molecule is CC(C)(C)c1cccc(C2[C-](c3ccccc3)C(c3ccccc3)C(c3ccccc3)C2c2ccccc2)c1.[Li+]. The van der Waals surface area contributed by atoms with Crippen molar-refractivity contribution in [2.24, 2.45) is 0 Å². The second-order valence-electron chi connectivity index (χ2n) is 11.9. The Morgan fingerprint density at radius 2 is 0.850 bits per heavy atom. The van der Waals surface area contributed by atoms with Gasteiger partial charge in [-0.05, 0) is 45.8 Å². The van der Waals surface area contributed by atoms with Crippen molar-refractivity contribution in [2.75, 3.05) is 0 Å². The molecule has 0 amide bonds. The summed E-state index contributed by atoms with van der Waals surface area (Å²) in [6.45, 7) is 6.95. The van der Waals surface area contributed by atoms with Gasteiger partial charge in [0.15, 0.2) is 0 Å². The van der Waals surface area contributed by atoms with E-state index in [2.05, 4.69) is 166 Å². The summed E-state index contributed by atoms with van der Waals surface area (Å²) in [5.74, 6) is 2.62. The van der Waals surface area contributed by atoms with Crippen LogP contribution >= 0.6 is 0 Å². The number of hydrogen-bond acceptors (Lipinski definition) is 0. The zero-order valence-electron chi connectivity index (χ0n) is 24.2. The van der Waals surface area contributed by atoms with Crippen LogP contribution in [0.1, 0.15) is 77.8 Å². The summed E-state index contributed by atoms with van der Waals surface area (Å²) in [6.07, 6.45) is 0. The summed E-state index contributed by atoms with van der Waals surface area (Å²) in [5, 5.41) is 0. The summed E-state index contributed by atoms with van der Waals surface area (Å²) in [6, 6.07) is 54.3. The second kappa shape index (κ2) is 12.0. The fourth-order valence-electron chi connectivity index (χ4n) is 6.77. The molecule has 4 unspecified atom stereocenters. The normalized spacial score (nSPS) is 20.6. The molecule has 40 heavy (non-hydrogen) atoms. The zero-order chi connectivity index (χ0) is 26.8. The van der Waals surface area contributed by atoms with Crippen LogP contribution in [0.5, 0.6) is 0 Å². The molecule has 4 atom stereocenters. The Morgan fingerprint density at radius 3 is 1.32 bits per heavy atom. The van der Waals surface area contributed by atoms with Crippen LogP contribution in [0, 0.1) is 5.92 Å². The molecule has 194 valence electrons. The fourth-order valence-corrected chi connectivity index (χ4v) is 6.77. The molecule has 0 saturated heterocycles. The minimum Gasteiger partial charge on any atom is -0.188 e. The topological polar surface area (TPSA) is 0 Å². The minimum atomic E-state index is 0. The van der Waals surface area contributed by atoms with E-state index in [1.54, 1.807) is 0 Å². The largest absolute Gasteiger partial charge is 1.00 e. The molecule has 1 fully saturated rings. The Morgan fingerprint density at radius 1 is 0.450 bits per heavy atom. The van der Waals surface area contributed by atoms with Crippen LogP contribution < -0.4 is 18.9 Å². The van der Waals surface area contributed by atoms with Crippen LogP contribution in [0.25, 0.3) is 0 Å². The molecule has 5 aromatic carbocycles. The third-order valence-electron chi connectivity index (χ3n) is 8.52. The molecule has 5 aromatic rings. The first-order valence-electron chi connectivity index (χ1n) is 14.2. The average molecular weight is 513 g/mol. The molecule has 0 aromatic heterocycles.